The van der Waals surface area contributed by atoms with E-state index in [0.29, 0.717) is 18.9 Å². The van der Waals surface area contributed by atoms with Crippen molar-refractivity contribution in [2.45, 2.75) is 57.7 Å². The monoisotopic (exact) mass is 238 g/mol. The molecule has 0 atom stereocenters. The highest BCUT2D eigenvalue weighted by atomic mass is 19.1. The number of alkyl halides is 1. The maximum absolute atomic E-state index is 13.3. The van der Waals surface area contributed by atoms with Crippen LogP contribution in [0.3, 0.4) is 0 Å². The third-order valence-electron chi connectivity index (χ3n) is 3.07. The highest BCUT2D eigenvalue weighted by molar-refractivity contribution is 5.16. The van der Waals surface area contributed by atoms with Crippen LogP contribution >= 0.6 is 0 Å². The molecule has 0 N–H and O–H groups in total. The van der Waals surface area contributed by atoms with Crippen molar-refractivity contribution >= 4 is 0 Å². The van der Waals surface area contributed by atoms with E-state index in [-0.39, 0.29) is 11.5 Å². The van der Waals surface area contributed by atoms with Crippen LogP contribution in [0.2, 0.25) is 0 Å². The highest BCUT2D eigenvalue weighted by Crippen LogP contribution is 2.37. The zero-order valence-corrected chi connectivity index (χ0v) is 10.8. The second-order valence-electron chi connectivity index (χ2n) is 6.07. The number of aromatic nitrogens is 2. The van der Waals surface area contributed by atoms with Crippen molar-refractivity contribution in [3.8, 4) is 6.01 Å². The molecule has 0 radical (unpaired) electrons. The molecule has 1 heterocycles. The van der Waals surface area contributed by atoms with Crippen LogP contribution in [0, 0.1) is 0 Å². The van der Waals surface area contributed by atoms with Crippen LogP contribution in [0.25, 0.3) is 0 Å². The molecule has 1 saturated carbocycles. The third kappa shape index (κ3) is 2.93. The molecule has 1 fully saturated rings. The maximum atomic E-state index is 13.3. The highest BCUT2D eigenvalue weighted by Gasteiger charge is 2.42. The Labute approximate surface area is 101 Å². The lowest BCUT2D eigenvalue weighted by atomic mass is 9.81. The van der Waals surface area contributed by atoms with Gasteiger partial charge < -0.3 is 4.74 Å². The van der Waals surface area contributed by atoms with Gasteiger partial charge in [-0.3, -0.25) is 0 Å². The minimum atomic E-state index is -1.07. The van der Waals surface area contributed by atoms with Gasteiger partial charge >= 0.3 is 6.01 Å². The van der Waals surface area contributed by atoms with Crippen molar-refractivity contribution in [2.24, 2.45) is 0 Å². The Bertz CT molecular complexity index is 387. The fourth-order valence-corrected chi connectivity index (χ4v) is 1.89. The Kier molecular flexibility index (Phi) is 2.84. The molecule has 0 aromatic carbocycles. The van der Waals surface area contributed by atoms with Crippen LogP contribution in [0.5, 0.6) is 6.01 Å². The summed E-state index contributed by atoms with van der Waals surface area (Å²) >= 11 is 0. The Morgan fingerprint density at radius 3 is 2.24 bits per heavy atom. The summed E-state index contributed by atoms with van der Waals surface area (Å²) in [5, 5.41) is 0. The van der Waals surface area contributed by atoms with E-state index in [2.05, 4.69) is 30.7 Å². The van der Waals surface area contributed by atoms with E-state index >= 15 is 0 Å². The summed E-state index contributed by atoms with van der Waals surface area (Å²) in [6, 6.07) is 0.346. The predicted molar refractivity (Wildman–Crippen MR) is 63.9 cm³/mol. The molecule has 0 aliphatic heterocycles. The summed E-state index contributed by atoms with van der Waals surface area (Å²) in [7, 11) is 0. The van der Waals surface area contributed by atoms with Gasteiger partial charge in [0.15, 0.2) is 0 Å². The van der Waals surface area contributed by atoms with Gasteiger partial charge in [-0.1, -0.05) is 20.8 Å². The summed E-state index contributed by atoms with van der Waals surface area (Å²) in [4.78, 5) is 8.32. The molecular formula is C13H19FN2O. The number of rotatable bonds is 2. The number of nitrogens with zero attached hydrogens (tertiary/aromatic N) is 2. The van der Waals surface area contributed by atoms with E-state index in [1.807, 2.05) is 0 Å². The second-order valence-corrected chi connectivity index (χ2v) is 6.07. The lowest BCUT2D eigenvalue weighted by molar-refractivity contribution is -0.0333. The fourth-order valence-electron chi connectivity index (χ4n) is 1.89. The second kappa shape index (κ2) is 3.93. The first-order chi connectivity index (χ1) is 7.76. The molecular weight excluding hydrogens is 219 g/mol. The van der Waals surface area contributed by atoms with Gasteiger partial charge in [0.25, 0.3) is 0 Å². The SMILES string of the molecule is CC1(F)CC(Oc2ncc(C(C)(C)C)cn2)C1. The van der Waals surface area contributed by atoms with Crippen LogP contribution in [0.1, 0.15) is 46.1 Å². The molecule has 0 bridgehead atoms. The third-order valence-corrected chi connectivity index (χ3v) is 3.07. The first kappa shape index (κ1) is 12.3. The number of hydrogen-bond donors (Lipinski definition) is 0. The Morgan fingerprint density at radius 1 is 1.29 bits per heavy atom. The van der Waals surface area contributed by atoms with Crippen molar-refractivity contribution in [1.82, 2.24) is 9.97 Å². The van der Waals surface area contributed by atoms with E-state index in [1.165, 1.54) is 0 Å². The molecule has 0 amide bonds. The summed E-state index contributed by atoms with van der Waals surface area (Å²) in [5.41, 5.74) is 0.0245. The normalized spacial score (nSPS) is 28.6. The van der Waals surface area contributed by atoms with Crippen molar-refractivity contribution in [3.63, 3.8) is 0 Å². The maximum Gasteiger partial charge on any atom is 0.316 e. The van der Waals surface area contributed by atoms with Crippen LogP contribution in [0.4, 0.5) is 4.39 Å². The minimum absolute atomic E-state index is 0.0342. The number of hydrogen-bond acceptors (Lipinski definition) is 3. The molecule has 1 aromatic rings. The quantitative estimate of drug-likeness (QED) is 0.794. The molecule has 0 unspecified atom stereocenters. The number of ether oxygens (including phenoxy) is 1. The first-order valence-electron chi connectivity index (χ1n) is 5.94. The molecule has 0 saturated heterocycles. The summed E-state index contributed by atoms with van der Waals surface area (Å²) in [5.74, 6) is 0. The van der Waals surface area contributed by atoms with Gasteiger partial charge in [0.1, 0.15) is 11.8 Å². The Balaban J connectivity index is 1.96. The van der Waals surface area contributed by atoms with E-state index in [1.54, 1.807) is 19.3 Å². The molecule has 94 valence electrons. The molecule has 1 aliphatic carbocycles. The van der Waals surface area contributed by atoms with E-state index in [0.717, 1.165) is 5.56 Å². The van der Waals surface area contributed by atoms with Crippen LogP contribution in [-0.4, -0.2) is 21.7 Å². The molecule has 1 aliphatic rings. The fraction of sp³-hybridized carbons (Fsp3) is 0.692. The van der Waals surface area contributed by atoms with Gasteiger partial charge in [-0.05, 0) is 17.9 Å². The molecule has 1 aromatic heterocycles. The van der Waals surface area contributed by atoms with E-state index < -0.39 is 5.67 Å². The molecule has 2 rings (SSSR count). The van der Waals surface area contributed by atoms with Gasteiger partial charge in [-0.2, -0.15) is 0 Å². The minimum Gasteiger partial charge on any atom is -0.460 e. The Hall–Kier alpha value is -1.19. The average Bonchev–Trinajstić information content (AvgIpc) is 2.14. The van der Waals surface area contributed by atoms with Crippen molar-refractivity contribution < 1.29 is 9.13 Å². The van der Waals surface area contributed by atoms with Gasteiger partial charge in [0.05, 0.1) is 0 Å². The summed E-state index contributed by atoms with van der Waals surface area (Å²) in [6.45, 7) is 7.91. The molecule has 4 heteroatoms. The van der Waals surface area contributed by atoms with Crippen molar-refractivity contribution in [1.29, 1.82) is 0 Å². The average molecular weight is 238 g/mol. The van der Waals surface area contributed by atoms with Crippen molar-refractivity contribution in [3.05, 3.63) is 18.0 Å². The van der Waals surface area contributed by atoms with Crippen LogP contribution in [0.15, 0.2) is 12.4 Å². The zero-order chi connectivity index (χ0) is 12.7. The smallest absolute Gasteiger partial charge is 0.316 e. The largest absolute Gasteiger partial charge is 0.460 e. The lowest BCUT2D eigenvalue weighted by Gasteiger charge is -2.37. The van der Waals surface area contributed by atoms with Crippen LogP contribution < -0.4 is 4.74 Å². The molecule has 3 nitrogen and oxygen atoms in total. The molecule has 17 heavy (non-hydrogen) atoms. The van der Waals surface area contributed by atoms with Gasteiger partial charge in [0, 0.05) is 25.2 Å². The topological polar surface area (TPSA) is 35.0 Å². The zero-order valence-electron chi connectivity index (χ0n) is 10.8. The van der Waals surface area contributed by atoms with Crippen molar-refractivity contribution in [2.75, 3.05) is 0 Å². The van der Waals surface area contributed by atoms with Gasteiger partial charge in [-0.15, -0.1) is 0 Å². The predicted octanol–water partition coefficient (Wildman–Crippen LogP) is 3.04. The lowest BCUT2D eigenvalue weighted by Crippen LogP contribution is -2.44. The van der Waals surface area contributed by atoms with E-state index in [9.17, 15) is 4.39 Å². The standard InChI is InChI=1S/C13H19FN2O/c1-12(2,3)9-7-15-11(16-8-9)17-10-5-13(4,14)6-10/h7-8,10H,5-6H2,1-4H3. The van der Waals surface area contributed by atoms with Gasteiger partial charge in [0.2, 0.25) is 0 Å². The van der Waals surface area contributed by atoms with Crippen LogP contribution in [-0.2, 0) is 5.41 Å². The number of halogens is 1. The van der Waals surface area contributed by atoms with E-state index in [4.69, 9.17) is 4.74 Å². The Morgan fingerprint density at radius 2 is 1.82 bits per heavy atom. The first-order valence-corrected chi connectivity index (χ1v) is 5.94. The summed E-state index contributed by atoms with van der Waals surface area (Å²) in [6.07, 6.45) is 4.32. The molecule has 0 spiro atoms. The summed E-state index contributed by atoms with van der Waals surface area (Å²) < 4.78 is 18.7. The van der Waals surface area contributed by atoms with Gasteiger partial charge in [-0.25, -0.2) is 14.4 Å².